The van der Waals surface area contributed by atoms with Gasteiger partial charge in [0.2, 0.25) is 0 Å². The van der Waals surface area contributed by atoms with Crippen molar-refractivity contribution >= 4 is 34.3 Å². The number of hydrogen-bond acceptors (Lipinski definition) is 5. The number of aromatic nitrogens is 2. The van der Waals surface area contributed by atoms with Crippen molar-refractivity contribution in [2.45, 2.75) is 26.4 Å². The largest absolute Gasteiger partial charge is 0.385 e. The summed E-state index contributed by atoms with van der Waals surface area (Å²) in [6.45, 7) is 4.01. The van der Waals surface area contributed by atoms with Crippen LogP contribution < -0.4 is 0 Å². The Morgan fingerprint density at radius 1 is 1.44 bits per heavy atom. The summed E-state index contributed by atoms with van der Waals surface area (Å²) in [5.41, 5.74) is 1.03. The third kappa shape index (κ3) is 2.60. The number of rotatable bonds is 3. The zero-order valence-corrected chi connectivity index (χ0v) is 11.3. The highest BCUT2D eigenvalue weighted by molar-refractivity contribution is 7.15. The Bertz CT molecular complexity index is 475. The molecule has 1 atom stereocenters. The zero-order valence-electron chi connectivity index (χ0n) is 8.90. The molecule has 0 aromatic carbocycles. The molecular weight excluding hydrogens is 264 g/mol. The monoisotopic (exact) mass is 274 g/mol. The first-order valence-corrected chi connectivity index (χ1v) is 6.79. The van der Waals surface area contributed by atoms with Gasteiger partial charge in [0.15, 0.2) is 0 Å². The minimum absolute atomic E-state index is 0.503. The van der Waals surface area contributed by atoms with Crippen LogP contribution in [0.5, 0.6) is 0 Å². The van der Waals surface area contributed by atoms with Crippen LogP contribution >= 0.6 is 34.3 Å². The number of thiazole rings is 2. The molecule has 0 aliphatic carbocycles. The van der Waals surface area contributed by atoms with Gasteiger partial charge < -0.3 is 5.11 Å². The second-order valence-corrected chi connectivity index (χ2v) is 6.45. The average molecular weight is 275 g/mol. The summed E-state index contributed by atoms with van der Waals surface area (Å²) in [5, 5.41) is 11.5. The van der Waals surface area contributed by atoms with E-state index in [1.165, 1.54) is 16.2 Å². The van der Waals surface area contributed by atoms with E-state index in [0.717, 1.165) is 10.7 Å². The normalized spacial score (nSPS) is 13.0. The van der Waals surface area contributed by atoms with Crippen molar-refractivity contribution in [3.63, 3.8) is 0 Å². The van der Waals surface area contributed by atoms with Gasteiger partial charge in [0, 0.05) is 11.3 Å². The lowest BCUT2D eigenvalue weighted by Crippen LogP contribution is -2.00. The van der Waals surface area contributed by atoms with Crippen LogP contribution in [0.3, 0.4) is 0 Å². The molecule has 1 N–H and O–H groups in total. The summed E-state index contributed by atoms with van der Waals surface area (Å²) in [4.78, 5) is 9.63. The smallest absolute Gasteiger partial charge is 0.123 e. The standard InChI is InChI=1S/C10H11ClN2OS2/c1-5-6(2)15-9(13-5)3-7(14)10-12-4-8(11)16-10/h4,7,14H,3H2,1-2H3. The molecule has 2 aromatic heterocycles. The van der Waals surface area contributed by atoms with E-state index in [1.807, 2.05) is 13.8 Å². The highest BCUT2D eigenvalue weighted by atomic mass is 35.5. The lowest BCUT2D eigenvalue weighted by atomic mass is 10.3. The molecule has 0 spiro atoms. The van der Waals surface area contributed by atoms with Crippen molar-refractivity contribution in [1.82, 2.24) is 9.97 Å². The quantitative estimate of drug-likeness (QED) is 0.935. The molecule has 0 amide bonds. The van der Waals surface area contributed by atoms with Gasteiger partial charge in [0.05, 0.1) is 16.9 Å². The van der Waals surface area contributed by atoms with E-state index in [4.69, 9.17) is 11.6 Å². The van der Waals surface area contributed by atoms with Crippen LogP contribution in [0.1, 0.15) is 26.7 Å². The molecule has 0 saturated heterocycles. The first-order valence-electron chi connectivity index (χ1n) is 4.78. The van der Waals surface area contributed by atoms with E-state index >= 15 is 0 Å². The lowest BCUT2D eigenvalue weighted by molar-refractivity contribution is 0.178. The second kappa shape index (κ2) is 4.79. The highest BCUT2D eigenvalue weighted by Gasteiger charge is 2.15. The molecule has 0 fully saturated rings. The molecule has 0 aliphatic rings. The van der Waals surface area contributed by atoms with E-state index in [2.05, 4.69) is 9.97 Å². The number of aliphatic hydroxyl groups excluding tert-OH is 1. The van der Waals surface area contributed by atoms with Crippen molar-refractivity contribution in [1.29, 1.82) is 0 Å². The van der Waals surface area contributed by atoms with Gasteiger partial charge in [-0.25, -0.2) is 9.97 Å². The zero-order chi connectivity index (χ0) is 11.7. The van der Waals surface area contributed by atoms with Crippen molar-refractivity contribution in [3.8, 4) is 0 Å². The van der Waals surface area contributed by atoms with Crippen molar-refractivity contribution in [2.24, 2.45) is 0 Å². The van der Waals surface area contributed by atoms with Gasteiger partial charge in [0.1, 0.15) is 15.4 Å². The molecule has 16 heavy (non-hydrogen) atoms. The van der Waals surface area contributed by atoms with Crippen molar-refractivity contribution in [3.05, 3.63) is 31.1 Å². The number of nitrogens with zero attached hydrogens (tertiary/aromatic N) is 2. The molecule has 2 rings (SSSR count). The predicted octanol–water partition coefficient (Wildman–Crippen LogP) is 3.15. The fourth-order valence-electron chi connectivity index (χ4n) is 1.30. The fourth-order valence-corrected chi connectivity index (χ4v) is 3.19. The maximum atomic E-state index is 9.94. The predicted molar refractivity (Wildman–Crippen MR) is 67.4 cm³/mol. The molecule has 3 nitrogen and oxygen atoms in total. The van der Waals surface area contributed by atoms with E-state index in [0.29, 0.717) is 15.8 Å². The Morgan fingerprint density at radius 2 is 2.19 bits per heavy atom. The van der Waals surface area contributed by atoms with Crippen molar-refractivity contribution in [2.75, 3.05) is 0 Å². The van der Waals surface area contributed by atoms with Crippen LogP contribution in [0.2, 0.25) is 4.34 Å². The Morgan fingerprint density at radius 3 is 2.69 bits per heavy atom. The first-order chi connectivity index (χ1) is 7.56. The minimum atomic E-state index is -0.609. The number of hydrogen-bond donors (Lipinski definition) is 1. The molecule has 2 heterocycles. The summed E-state index contributed by atoms with van der Waals surface area (Å²) in [7, 11) is 0. The maximum Gasteiger partial charge on any atom is 0.123 e. The Kier molecular flexibility index (Phi) is 3.59. The van der Waals surface area contributed by atoms with Crippen LogP contribution in [-0.2, 0) is 6.42 Å². The highest BCUT2D eigenvalue weighted by Crippen LogP contribution is 2.27. The summed E-state index contributed by atoms with van der Waals surface area (Å²) >= 11 is 8.69. The molecule has 86 valence electrons. The second-order valence-electron chi connectivity index (χ2n) is 3.47. The molecular formula is C10H11ClN2OS2. The molecule has 1 unspecified atom stereocenters. The van der Waals surface area contributed by atoms with E-state index < -0.39 is 6.10 Å². The SMILES string of the molecule is Cc1nc(CC(O)c2ncc(Cl)s2)sc1C. The fraction of sp³-hybridized carbons (Fsp3) is 0.400. The topological polar surface area (TPSA) is 46.0 Å². The number of halogens is 1. The summed E-state index contributed by atoms with van der Waals surface area (Å²) in [6, 6.07) is 0. The van der Waals surface area contributed by atoms with E-state index in [9.17, 15) is 5.11 Å². The summed E-state index contributed by atoms with van der Waals surface area (Å²) in [6.07, 6.45) is 1.45. The van der Waals surface area contributed by atoms with Crippen LogP contribution in [0.15, 0.2) is 6.20 Å². The van der Waals surface area contributed by atoms with Gasteiger partial charge >= 0.3 is 0 Å². The molecule has 0 saturated carbocycles. The Hall–Kier alpha value is -0.490. The Labute approximate surface area is 107 Å². The first kappa shape index (κ1) is 12.0. The molecule has 0 aliphatic heterocycles. The summed E-state index contributed by atoms with van der Waals surface area (Å²) in [5.74, 6) is 0. The van der Waals surface area contributed by atoms with E-state index in [1.54, 1.807) is 17.5 Å². The van der Waals surface area contributed by atoms with Crippen LogP contribution in [0.4, 0.5) is 0 Å². The lowest BCUT2D eigenvalue weighted by Gasteiger charge is -2.03. The summed E-state index contributed by atoms with van der Waals surface area (Å²) < 4.78 is 0.598. The molecule has 2 aromatic rings. The average Bonchev–Trinajstić information content (AvgIpc) is 2.75. The molecule has 0 radical (unpaired) electrons. The van der Waals surface area contributed by atoms with Crippen LogP contribution in [0.25, 0.3) is 0 Å². The van der Waals surface area contributed by atoms with Gasteiger partial charge in [-0.2, -0.15) is 0 Å². The van der Waals surface area contributed by atoms with Crippen LogP contribution in [0, 0.1) is 13.8 Å². The van der Waals surface area contributed by atoms with Gasteiger partial charge in [-0.05, 0) is 13.8 Å². The van der Waals surface area contributed by atoms with Crippen molar-refractivity contribution < 1.29 is 5.11 Å². The molecule has 0 bridgehead atoms. The minimum Gasteiger partial charge on any atom is -0.385 e. The van der Waals surface area contributed by atoms with E-state index in [-0.39, 0.29) is 0 Å². The van der Waals surface area contributed by atoms with Gasteiger partial charge in [-0.3, -0.25) is 0 Å². The Balaban J connectivity index is 2.10. The number of aliphatic hydroxyl groups is 1. The molecule has 6 heteroatoms. The number of aryl methyl sites for hydroxylation is 2. The van der Waals surface area contributed by atoms with Gasteiger partial charge in [0.25, 0.3) is 0 Å². The maximum absolute atomic E-state index is 9.94. The van der Waals surface area contributed by atoms with Crippen LogP contribution in [-0.4, -0.2) is 15.1 Å². The van der Waals surface area contributed by atoms with Gasteiger partial charge in [-0.1, -0.05) is 11.6 Å². The third-order valence-electron chi connectivity index (χ3n) is 2.22. The van der Waals surface area contributed by atoms with Gasteiger partial charge in [-0.15, -0.1) is 22.7 Å². The third-order valence-corrected chi connectivity index (χ3v) is 4.53.